The Morgan fingerprint density at radius 2 is 1.43 bits per heavy atom. The van der Waals surface area contributed by atoms with Gasteiger partial charge in [-0.25, -0.2) is 0 Å². The third-order valence-corrected chi connectivity index (χ3v) is 4.84. The van der Waals surface area contributed by atoms with Crippen molar-refractivity contribution in [1.29, 1.82) is 0 Å². The Bertz CT molecular complexity index is 339. The van der Waals surface area contributed by atoms with Crippen molar-refractivity contribution in [3.63, 3.8) is 0 Å². The van der Waals surface area contributed by atoms with Crippen LogP contribution in [0.15, 0.2) is 0 Å². The van der Waals surface area contributed by atoms with E-state index in [2.05, 4.69) is 12.2 Å². The monoisotopic (exact) mass is 401 g/mol. The lowest BCUT2D eigenvalue weighted by Crippen LogP contribution is -2.37. The molecular formula is C23H47NO4. The second-order valence-electron chi connectivity index (χ2n) is 8.05. The summed E-state index contributed by atoms with van der Waals surface area (Å²) in [4.78, 5) is 11.6. The van der Waals surface area contributed by atoms with Crippen LogP contribution in [-0.4, -0.2) is 49.6 Å². The number of unbranched alkanes of at least 4 members (excludes halogenated alkanes) is 10. The number of aliphatic hydroxyl groups excluding tert-OH is 1. The first kappa shape index (κ1) is 27.4. The van der Waals surface area contributed by atoms with Crippen LogP contribution in [0.3, 0.4) is 0 Å². The standard InChI is InChI=1S/C23H47NO4/c1-4-5-6-7-8-9-10-11-12-13-14-18-27-20-22(3)28-19-21(2)24-23(26)16-15-17-25/h21-22,25H,4-20H2,1-3H3,(H,24,26). The molecule has 0 rings (SSSR count). The maximum Gasteiger partial charge on any atom is 0.220 e. The van der Waals surface area contributed by atoms with Gasteiger partial charge in [-0.05, 0) is 26.7 Å². The van der Waals surface area contributed by atoms with E-state index >= 15 is 0 Å². The minimum atomic E-state index is -0.0365. The maximum atomic E-state index is 11.6. The van der Waals surface area contributed by atoms with E-state index in [1.54, 1.807) is 0 Å². The number of nitrogens with one attached hydrogen (secondary N) is 1. The largest absolute Gasteiger partial charge is 0.396 e. The summed E-state index contributed by atoms with van der Waals surface area (Å²) >= 11 is 0. The van der Waals surface area contributed by atoms with Crippen molar-refractivity contribution in [3.8, 4) is 0 Å². The van der Waals surface area contributed by atoms with E-state index in [0.29, 0.717) is 26.1 Å². The Labute approximate surface area is 174 Å². The van der Waals surface area contributed by atoms with Crippen LogP contribution in [0.4, 0.5) is 0 Å². The number of hydrogen-bond acceptors (Lipinski definition) is 4. The summed E-state index contributed by atoms with van der Waals surface area (Å²) < 4.78 is 11.4. The number of carbonyl (C=O) groups is 1. The molecule has 0 bridgehead atoms. The fraction of sp³-hybridized carbons (Fsp3) is 0.957. The number of hydrogen-bond donors (Lipinski definition) is 2. The lowest BCUT2D eigenvalue weighted by Gasteiger charge is -2.18. The molecule has 1 amide bonds. The van der Waals surface area contributed by atoms with Crippen molar-refractivity contribution in [3.05, 3.63) is 0 Å². The van der Waals surface area contributed by atoms with Gasteiger partial charge < -0.3 is 19.9 Å². The molecule has 2 atom stereocenters. The van der Waals surface area contributed by atoms with Crippen LogP contribution in [0.25, 0.3) is 0 Å². The normalized spacial score (nSPS) is 13.4. The Hall–Kier alpha value is -0.650. The molecule has 0 saturated heterocycles. The molecule has 168 valence electrons. The van der Waals surface area contributed by atoms with Crippen molar-refractivity contribution in [1.82, 2.24) is 5.32 Å². The Morgan fingerprint density at radius 1 is 0.857 bits per heavy atom. The number of carbonyl (C=O) groups excluding carboxylic acids is 1. The summed E-state index contributed by atoms with van der Waals surface area (Å²) in [5.41, 5.74) is 0. The van der Waals surface area contributed by atoms with Gasteiger partial charge in [-0.15, -0.1) is 0 Å². The molecule has 0 aromatic rings. The predicted octanol–water partition coefficient (Wildman–Crippen LogP) is 5.00. The van der Waals surface area contributed by atoms with E-state index in [4.69, 9.17) is 14.6 Å². The second kappa shape index (κ2) is 21.1. The first-order chi connectivity index (χ1) is 13.6. The molecule has 0 saturated carbocycles. The Balaban J connectivity index is 3.34. The molecule has 0 aliphatic rings. The van der Waals surface area contributed by atoms with E-state index in [1.165, 1.54) is 64.2 Å². The summed E-state index contributed by atoms with van der Waals surface area (Å²) in [5, 5.41) is 11.6. The lowest BCUT2D eigenvalue weighted by atomic mass is 10.1. The number of rotatable bonds is 21. The highest BCUT2D eigenvalue weighted by molar-refractivity contribution is 5.76. The second-order valence-corrected chi connectivity index (χ2v) is 8.05. The molecule has 0 fully saturated rings. The van der Waals surface area contributed by atoms with E-state index < -0.39 is 0 Å². The zero-order valence-electron chi connectivity index (χ0n) is 18.8. The van der Waals surface area contributed by atoms with Crippen LogP contribution in [0, 0.1) is 0 Å². The van der Waals surface area contributed by atoms with Gasteiger partial charge in [0.1, 0.15) is 0 Å². The van der Waals surface area contributed by atoms with Gasteiger partial charge in [-0.1, -0.05) is 71.1 Å². The van der Waals surface area contributed by atoms with Crippen molar-refractivity contribution in [2.24, 2.45) is 0 Å². The van der Waals surface area contributed by atoms with Crippen LogP contribution in [0.2, 0.25) is 0 Å². The van der Waals surface area contributed by atoms with Crippen LogP contribution < -0.4 is 5.32 Å². The average molecular weight is 402 g/mol. The fourth-order valence-electron chi connectivity index (χ4n) is 3.10. The number of ether oxygens (including phenoxy) is 2. The first-order valence-electron chi connectivity index (χ1n) is 11.7. The van der Waals surface area contributed by atoms with Gasteiger partial charge in [0.05, 0.1) is 19.3 Å². The SMILES string of the molecule is CCCCCCCCCCCCCOCC(C)OCC(C)NC(=O)CCCO. The molecule has 28 heavy (non-hydrogen) atoms. The quantitative estimate of drug-likeness (QED) is 0.266. The van der Waals surface area contributed by atoms with Crippen molar-refractivity contribution >= 4 is 5.91 Å². The number of aliphatic hydroxyl groups is 1. The molecule has 0 aliphatic carbocycles. The molecule has 5 nitrogen and oxygen atoms in total. The summed E-state index contributed by atoms with van der Waals surface area (Å²) in [5.74, 6) is -0.0365. The van der Waals surface area contributed by atoms with E-state index in [-0.39, 0.29) is 24.7 Å². The Morgan fingerprint density at radius 3 is 2.00 bits per heavy atom. The molecular weight excluding hydrogens is 354 g/mol. The Kier molecular flexibility index (Phi) is 20.6. The molecule has 2 N–H and O–H groups in total. The van der Waals surface area contributed by atoms with Crippen molar-refractivity contribution in [2.75, 3.05) is 26.4 Å². The summed E-state index contributed by atoms with van der Waals surface area (Å²) in [6, 6.07) is -0.0275. The molecule has 0 aromatic carbocycles. The van der Waals surface area contributed by atoms with Gasteiger partial charge >= 0.3 is 0 Å². The minimum Gasteiger partial charge on any atom is -0.396 e. The molecule has 2 unspecified atom stereocenters. The maximum absolute atomic E-state index is 11.6. The molecule has 0 spiro atoms. The average Bonchev–Trinajstić information content (AvgIpc) is 2.68. The van der Waals surface area contributed by atoms with Crippen LogP contribution in [-0.2, 0) is 14.3 Å². The highest BCUT2D eigenvalue weighted by atomic mass is 16.5. The van der Waals surface area contributed by atoms with Crippen molar-refractivity contribution < 1.29 is 19.4 Å². The molecule has 5 heteroatoms. The minimum absolute atomic E-state index is 0.0275. The summed E-state index contributed by atoms with van der Waals surface area (Å²) in [7, 11) is 0. The predicted molar refractivity (Wildman–Crippen MR) is 117 cm³/mol. The van der Waals surface area contributed by atoms with Gasteiger partial charge in [0.25, 0.3) is 0 Å². The first-order valence-corrected chi connectivity index (χ1v) is 11.7. The summed E-state index contributed by atoms with van der Waals surface area (Å²) in [6.45, 7) is 8.12. The van der Waals surface area contributed by atoms with E-state index in [0.717, 1.165) is 13.0 Å². The van der Waals surface area contributed by atoms with Gasteiger partial charge in [0.2, 0.25) is 5.91 Å². The fourth-order valence-corrected chi connectivity index (χ4v) is 3.10. The third-order valence-electron chi connectivity index (χ3n) is 4.84. The van der Waals surface area contributed by atoms with Crippen LogP contribution in [0.5, 0.6) is 0 Å². The lowest BCUT2D eigenvalue weighted by molar-refractivity contribution is -0.122. The molecule has 0 radical (unpaired) electrons. The zero-order chi connectivity index (χ0) is 20.9. The highest BCUT2D eigenvalue weighted by Gasteiger charge is 2.09. The van der Waals surface area contributed by atoms with Gasteiger partial charge in [0.15, 0.2) is 0 Å². The van der Waals surface area contributed by atoms with Crippen LogP contribution in [0.1, 0.15) is 104 Å². The van der Waals surface area contributed by atoms with Gasteiger partial charge in [-0.2, -0.15) is 0 Å². The van der Waals surface area contributed by atoms with Crippen molar-refractivity contribution in [2.45, 2.75) is 116 Å². The topological polar surface area (TPSA) is 67.8 Å². The molecule has 0 heterocycles. The molecule has 0 aromatic heterocycles. The smallest absolute Gasteiger partial charge is 0.220 e. The highest BCUT2D eigenvalue weighted by Crippen LogP contribution is 2.11. The zero-order valence-corrected chi connectivity index (χ0v) is 18.8. The van der Waals surface area contributed by atoms with E-state index in [1.807, 2.05) is 13.8 Å². The third kappa shape index (κ3) is 20.1. The van der Waals surface area contributed by atoms with Gasteiger partial charge in [0, 0.05) is 25.7 Å². The van der Waals surface area contributed by atoms with Gasteiger partial charge in [-0.3, -0.25) is 4.79 Å². The van der Waals surface area contributed by atoms with Crippen LogP contribution >= 0.6 is 0 Å². The number of amides is 1. The van der Waals surface area contributed by atoms with E-state index in [9.17, 15) is 4.79 Å². The molecule has 0 aliphatic heterocycles. The summed E-state index contributed by atoms with van der Waals surface area (Å²) in [6.07, 6.45) is 15.7.